The van der Waals surface area contributed by atoms with Crippen molar-refractivity contribution in [2.24, 2.45) is 0 Å². The van der Waals surface area contributed by atoms with Gasteiger partial charge in [0.1, 0.15) is 12.1 Å². The third kappa shape index (κ3) is 4.19. The SMILES string of the molecule is CC.N#Cc1cc(-c2ccc3c4cc(-c5ccccc5)ccc4n(-c4ccccc4)c3c2)cc(C#N)c1F. The van der Waals surface area contributed by atoms with Gasteiger partial charge in [0.25, 0.3) is 0 Å². The first-order chi connectivity index (χ1) is 18.7. The Morgan fingerprint density at radius 2 is 1.13 bits per heavy atom. The molecule has 0 saturated carbocycles. The number of nitrogens with zero attached hydrogens (tertiary/aromatic N) is 3. The average molecular weight is 494 g/mol. The van der Waals surface area contributed by atoms with Crippen LogP contribution in [0.15, 0.2) is 109 Å². The highest BCUT2D eigenvalue weighted by molar-refractivity contribution is 6.11. The van der Waals surface area contributed by atoms with E-state index in [-0.39, 0.29) is 11.1 Å². The first-order valence-electron chi connectivity index (χ1n) is 12.5. The molecule has 6 aromatic rings. The van der Waals surface area contributed by atoms with E-state index in [9.17, 15) is 14.9 Å². The highest BCUT2D eigenvalue weighted by atomic mass is 19.1. The van der Waals surface area contributed by atoms with E-state index in [2.05, 4.69) is 53.1 Å². The van der Waals surface area contributed by atoms with Gasteiger partial charge in [0, 0.05) is 16.5 Å². The largest absolute Gasteiger partial charge is 0.309 e. The van der Waals surface area contributed by atoms with Gasteiger partial charge in [-0.15, -0.1) is 0 Å². The third-order valence-electron chi connectivity index (χ3n) is 6.53. The van der Waals surface area contributed by atoms with Crippen LogP contribution in [0, 0.1) is 28.5 Å². The molecule has 4 heteroatoms. The molecule has 0 N–H and O–H groups in total. The summed E-state index contributed by atoms with van der Waals surface area (Å²) < 4.78 is 16.6. The van der Waals surface area contributed by atoms with Crippen molar-refractivity contribution in [2.75, 3.05) is 0 Å². The fourth-order valence-electron chi connectivity index (χ4n) is 4.82. The molecule has 1 aromatic heterocycles. The number of rotatable bonds is 3. The Bertz CT molecular complexity index is 1820. The van der Waals surface area contributed by atoms with Gasteiger partial charge in [0.2, 0.25) is 0 Å². The van der Waals surface area contributed by atoms with Crippen molar-refractivity contribution in [3.8, 4) is 40.1 Å². The zero-order valence-corrected chi connectivity index (χ0v) is 21.1. The number of aromatic nitrogens is 1. The lowest BCUT2D eigenvalue weighted by Gasteiger charge is -2.10. The summed E-state index contributed by atoms with van der Waals surface area (Å²) in [6.45, 7) is 4.00. The van der Waals surface area contributed by atoms with Crippen LogP contribution in [-0.2, 0) is 0 Å². The van der Waals surface area contributed by atoms with Crippen molar-refractivity contribution in [2.45, 2.75) is 13.8 Å². The van der Waals surface area contributed by atoms with Crippen molar-refractivity contribution >= 4 is 21.8 Å². The fraction of sp³-hybridized carbons (Fsp3) is 0.0588. The second-order valence-corrected chi connectivity index (χ2v) is 8.61. The number of para-hydroxylation sites is 1. The number of hydrogen-bond acceptors (Lipinski definition) is 2. The maximum Gasteiger partial charge on any atom is 0.158 e. The molecule has 6 rings (SSSR count). The van der Waals surface area contributed by atoms with Crippen LogP contribution in [0.5, 0.6) is 0 Å². The number of hydrogen-bond donors (Lipinski definition) is 0. The Labute approximate surface area is 221 Å². The first kappa shape index (κ1) is 24.5. The van der Waals surface area contributed by atoms with Gasteiger partial charge >= 0.3 is 0 Å². The van der Waals surface area contributed by atoms with Gasteiger partial charge in [-0.05, 0) is 64.7 Å². The summed E-state index contributed by atoms with van der Waals surface area (Å²) in [6, 6.07) is 39.7. The summed E-state index contributed by atoms with van der Waals surface area (Å²) in [4.78, 5) is 0. The van der Waals surface area contributed by atoms with Crippen molar-refractivity contribution in [3.05, 3.63) is 126 Å². The summed E-state index contributed by atoms with van der Waals surface area (Å²) in [7, 11) is 0. The molecule has 0 aliphatic rings. The summed E-state index contributed by atoms with van der Waals surface area (Å²) in [5.74, 6) is -0.781. The lowest BCUT2D eigenvalue weighted by atomic mass is 9.98. The molecule has 0 amide bonds. The van der Waals surface area contributed by atoms with E-state index < -0.39 is 5.82 Å². The Kier molecular flexibility index (Phi) is 6.72. The van der Waals surface area contributed by atoms with E-state index in [4.69, 9.17) is 0 Å². The Balaban J connectivity index is 0.00000144. The normalized spacial score (nSPS) is 10.4. The summed E-state index contributed by atoms with van der Waals surface area (Å²) in [5, 5.41) is 21.0. The minimum atomic E-state index is -0.781. The van der Waals surface area contributed by atoms with Crippen LogP contribution in [0.2, 0.25) is 0 Å². The molecule has 0 saturated heterocycles. The van der Waals surface area contributed by atoms with Gasteiger partial charge in [-0.3, -0.25) is 0 Å². The maximum absolute atomic E-state index is 14.4. The predicted molar refractivity (Wildman–Crippen MR) is 152 cm³/mol. The number of benzene rings is 5. The van der Waals surface area contributed by atoms with E-state index in [1.807, 2.05) is 74.5 Å². The van der Waals surface area contributed by atoms with Gasteiger partial charge < -0.3 is 4.57 Å². The van der Waals surface area contributed by atoms with Crippen LogP contribution in [0.3, 0.4) is 0 Å². The zero-order valence-electron chi connectivity index (χ0n) is 21.1. The van der Waals surface area contributed by atoms with Crippen LogP contribution in [0.1, 0.15) is 25.0 Å². The quantitative estimate of drug-likeness (QED) is 0.247. The molecular formula is C34H24FN3. The standard InChI is InChI=1S/C32H18FN3.C2H6/c33-32-25(19-34)15-24(16-26(32)20-35)23-11-13-28-29-17-22(21-7-3-1-4-8-21)12-14-30(29)36(31(28)18-23)27-9-5-2-6-10-27;1-2/h1-18H;1-2H3. The van der Waals surface area contributed by atoms with Crippen molar-refractivity contribution in [1.82, 2.24) is 4.57 Å². The number of fused-ring (bicyclic) bond motifs is 3. The highest BCUT2D eigenvalue weighted by Gasteiger charge is 2.16. The van der Waals surface area contributed by atoms with Crippen molar-refractivity contribution < 1.29 is 4.39 Å². The molecule has 0 radical (unpaired) electrons. The molecule has 38 heavy (non-hydrogen) atoms. The fourth-order valence-corrected chi connectivity index (χ4v) is 4.82. The van der Waals surface area contributed by atoms with Gasteiger partial charge in [-0.2, -0.15) is 10.5 Å². The third-order valence-corrected chi connectivity index (χ3v) is 6.53. The van der Waals surface area contributed by atoms with Crippen LogP contribution < -0.4 is 0 Å². The monoisotopic (exact) mass is 493 g/mol. The molecule has 0 aliphatic carbocycles. The number of nitriles is 2. The maximum atomic E-state index is 14.4. The average Bonchev–Trinajstić information content (AvgIpc) is 3.32. The van der Waals surface area contributed by atoms with E-state index in [0.29, 0.717) is 5.56 Å². The molecule has 182 valence electrons. The summed E-state index contributed by atoms with van der Waals surface area (Å²) >= 11 is 0. The molecule has 0 fully saturated rings. The van der Waals surface area contributed by atoms with Crippen LogP contribution >= 0.6 is 0 Å². The molecule has 3 nitrogen and oxygen atoms in total. The van der Waals surface area contributed by atoms with Gasteiger partial charge in [0.05, 0.1) is 22.2 Å². The lowest BCUT2D eigenvalue weighted by Crippen LogP contribution is -1.94. The van der Waals surface area contributed by atoms with Crippen LogP contribution in [0.4, 0.5) is 4.39 Å². The molecule has 5 aromatic carbocycles. The van der Waals surface area contributed by atoms with Gasteiger partial charge in [-0.25, -0.2) is 4.39 Å². The van der Waals surface area contributed by atoms with Gasteiger partial charge in [-0.1, -0.05) is 80.6 Å². The molecule has 1 heterocycles. The molecule has 0 unspecified atom stereocenters. The first-order valence-corrected chi connectivity index (χ1v) is 12.5. The molecule has 0 atom stereocenters. The van der Waals surface area contributed by atoms with Crippen LogP contribution in [0.25, 0.3) is 49.7 Å². The second-order valence-electron chi connectivity index (χ2n) is 8.61. The molecule has 0 spiro atoms. The Morgan fingerprint density at radius 1 is 0.553 bits per heavy atom. The topological polar surface area (TPSA) is 52.5 Å². The highest BCUT2D eigenvalue weighted by Crippen LogP contribution is 2.37. The van der Waals surface area contributed by atoms with Crippen molar-refractivity contribution in [1.29, 1.82) is 10.5 Å². The van der Waals surface area contributed by atoms with Gasteiger partial charge in [0.15, 0.2) is 5.82 Å². The Morgan fingerprint density at radius 3 is 1.76 bits per heavy atom. The molecule has 0 aliphatic heterocycles. The van der Waals surface area contributed by atoms with E-state index >= 15 is 0 Å². The van der Waals surface area contributed by atoms with Crippen LogP contribution in [-0.4, -0.2) is 4.57 Å². The molecule has 0 bridgehead atoms. The second kappa shape index (κ2) is 10.4. The van der Waals surface area contributed by atoms with E-state index in [1.54, 1.807) is 0 Å². The summed E-state index contributed by atoms with van der Waals surface area (Å²) in [6.07, 6.45) is 0. The smallest absolute Gasteiger partial charge is 0.158 e. The predicted octanol–water partition coefficient (Wildman–Crippen LogP) is 9.03. The van der Waals surface area contributed by atoms with Crippen molar-refractivity contribution in [3.63, 3.8) is 0 Å². The number of halogens is 1. The minimum absolute atomic E-state index is 0.139. The molecular weight excluding hydrogens is 469 g/mol. The Hall–Kier alpha value is -5.19. The minimum Gasteiger partial charge on any atom is -0.309 e. The lowest BCUT2D eigenvalue weighted by molar-refractivity contribution is 0.620. The van der Waals surface area contributed by atoms with E-state index in [1.165, 1.54) is 12.1 Å². The zero-order chi connectivity index (χ0) is 26.6. The van der Waals surface area contributed by atoms with E-state index in [0.717, 1.165) is 44.2 Å². The summed E-state index contributed by atoms with van der Waals surface area (Å²) in [5.41, 5.74) is 6.52.